The maximum atomic E-state index is 12.8. The number of anilines is 1. The highest BCUT2D eigenvalue weighted by molar-refractivity contribution is 9.10. The van der Waals surface area contributed by atoms with Crippen LogP contribution in [-0.4, -0.2) is 13.4 Å². The van der Waals surface area contributed by atoms with Crippen LogP contribution in [0.1, 0.15) is 0 Å². The number of hydrogen-bond donors (Lipinski definition) is 1. The molecule has 4 nitrogen and oxygen atoms in total. The molecule has 0 aliphatic heterocycles. The Morgan fingerprint density at radius 2 is 1.86 bits per heavy atom. The third-order valence-electron chi connectivity index (χ3n) is 2.70. The summed E-state index contributed by atoms with van der Waals surface area (Å²) in [5.41, 5.74) is 0.708. The number of sulfonamides is 1. The SMILES string of the molecule is O=S(=O)(Nc1nc2ccc(Br)cc2s1)c1ccc(F)cc1. The smallest absolute Gasteiger partial charge is 0.255 e. The summed E-state index contributed by atoms with van der Waals surface area (Å²) in [5, 5.41) is 0.271. The summed E-state index contributed by atoms with van der Waals surface area (Å²) < 4.78 is 41.4. The van der Waals surface area contributed by atoms with Crippen molar-refractivity contribution in [1.82, 2.24) is 4.98 Å². The van der Waals surface area contributed by atoms with E-state index in [-0.39, 0.29) is 10.0 Å². The van der Waals surface area contributed by atoms with Crippen molar-refractivity contribution >= 4 is 52.6 Å². The summed E-state index contributed by atoms with van der Waals surface area (Å²) in [4.78, 5) is 4.21. The quantitative estimate of drug-likeness (QED) is 0.739. The van der Waals surface area contributed by atoms with Gasteiger partial charge in [-0.1, -0.05) is 27.3 Å². The van der Waals surface area contributed by atoms with Gasteiger partial charge in [0.05, 0.1) is 15.1 Å². The number of aromatic nitrogens is 1. The van der Waals surface area contributed by atoms with Gasteiger partial charge in [0.25, 0.3) is 10.0 Å². The second-order valence-corrected chi connectivity index (χ2v) is 7.82. The van der Waals surface area contributed by atoms with Crippen LogP contribution in [0.2, 0.25) is 0 Å². The van der Waals surface area contributed by atoms with Crippen molar-refractivity contribution in [1.29, 1.82) is 0 Å². The first-order valence-electron chi connectivity index (χ1n) is 5.78. The molecule has 0 bridgehead atoms. The molecule has 3 aromatic rings. The Morgan fingerprint density at radius 3 is 2.57 bits per heavy atom. The van der Waals surface area contributed by atoms with Gasteiger partial charge in [0.1, 0.15) is 5.82 Å². The topological polar surface area (TPSA) is 59.1 Å². The zero-order valence-corrected chi connectivity index (χ0v) is 13.6. The summed E-state index contributed by atoms with van der Waals surface area (Å²) in [7, 11) is -3.77. The van der Waals surface area contributed by atoms with Crippen molar-refractivity contribution < 1.29 is 12.8 Å². The van der Waals surface area contributed by atoms with Crippen LogP contribution >= 0.6 is 27.3 Å². The molecular formula is C13H8BrFN2O2S2. The normalized spacial score (nSPS) is 11.7. The fraction of sp³-hybridized carbons (Fsp3) is 0. The van der Waals surface area contributed by atoms with Gasteiger partial charge in [-0.2, -0.15) is 0 Å². The molecule has 0 unspecified atom stereocenters. The molecule has 0 aliphatic carbocycles. The highest BCUT2D eigenvalue weighted by Gasteiger charge is 2.16. The molecule has 0 amide bonds. The maximum absolute atomic E-state index is 12.8. The molecule has 0 atom stereocenters. The molecule has 1 N–H and O–H groups in total. The van der Waals surface area contributed by atoms with E-state index in [0.717, 1.165) is 21.3 Å². The molecule has 0 fully saturated rings. The van der Waals surface area contributed by atoms with Crippen molar-refractivity contribution in [3.8, 4) is 0 Å². The Labute approximate surface area is 132 Å². The van der Waals surface area contributed by atoms with Crippen LogP contribution in [-0.2, 0) is 10.0 Å². The lowest BCUT2D eigenvalue weighted by molar-refractivity contribution is 0.599. The Bertz CT molecular complexity index is 908. The van der Waals surface area contributed by atoms with Crippen LogP contribution in [0.4, 0.5) is 9.52 Å². The molecule has 21 heavy (non-hydrogen) atoms. The average Bonchev–Trinajstić information content (AvgIpc) is 2.79. The molecule has 0 saturated carbocycles. The summed E-state index contributed by atoms with van der Waals surface area (Å²) >= 11 is 4.58. The van der Waals surface area contributed by atoms with Gasteiger partial charge in [0.15, 0.2) is 5.13 Å². The minimum atomic E-state index is -3.77. The Kier molecular flexibility index (Phi) is 3.68. The van der Waals surface area contributed by atoms with E-state index in [1.165, 1.54) is 23.5 Å². The third kappa shape index (κ3) is 3.07. The third-order valence-corrected chi connectivity index (χ3v) is 5.61. The first-order chi connectivity index (χ1) is 9.94. The number of nitrogens with zero attached hydrogens (tertiary/aromatic N) is 1. The lowest BCUT2D eigenvalue weighted by Crippen LogP contribution is -2.12. The van der Waals surface area contributed by atoms with Crippen molar-refractivity contribution in [2.24, 2.45) is 0 Å². The van der Waals surface area contributed by atoms with Crippen LogP contribution in [0.5, 0.6) is 0 Å². The lowest BCUT2D eigenvalue weighted by atomic mass is 10.3. The van der Waals surface area contributed by atoms with E-state index in [1.54, 1.807) is 6.07 Å². The van der Waals surface area contributed by atoms with E-state index in [4.69, 9.17) is 0 Å². The van der Waals surface area contributed by atoms with Crippen molar-refractivity contribution in [2.45, 2.75) is 4.90 Å². The number of halogens is 2. The number of rotatable bonds is 3. The Morgan fingerprint density at radius 1 is 1.14 bits per heavy atom. The monoisotopic (exact) mass is 386 g/mol. The second kappa shape index (κ2) is 5.36. The Hall–Kier alpha value is -1.51. The van der Waals surface area contributed by atoms with E-state index in [0.29, 0.717) is 5.52 Å². The van der Waals surface area contributed by atoms with E-state index >= 15 is 0 Å². The first-order valence-corrected chi connectivity index (χ1v) is 8.88. The summed E-state index contributed by atoms with van der Waals surface area (Å²) in [5.74, 6) is -0.487. The minimum absolute atomic E-state index is 0.00987. The van der Waals surface area contributed by atoms with Gasteiger partial charge in [-0.3, -0.25) is 4.72 Å². The van der Waals surface area contributed by atoms with E-state index < -0.39 is 15.8 Å². The molecule has 0 radical (unpaired) electrons. The number of nitrogens with one attached hydrogen (secondary N) is 1. The molecule has 1 heterocycles. The van der Waals surface area contributed by atoms with Gasteiger partial charge in [0.2, 0.25) is 0 Å². The van der Waals surface area contributed by atoms with Crippen molar-refractivity contribution in [3.05, 3.63) is 52.8 Å². The van der Waals surface area contributed by atoms with Gasteiger partial charge < -0.3 is 0 Å². The zero-order chi connectivity index (χ0) is 15.0. The summed E-state index contributed by atoms with van der Waals surface area (Å²) in [6.45, 7) is 0. The van der Waals surface area contributed by atoms with Crippen LogP contribution < -0.4 is 4.72 Å². The molecule has 1 aromatic heterocycles. The molecule has 3 rings (SSSR count). The van der Waals surface area contributed by atoms with Gasteiger partial charge in [-0.15, -0.1) is 0 Å². The van der Waals surface area contributed by atoms with E-state index in [2.05, 4.69) is 25.6 Å². The van der Waals surface area contributed by atoms with Crippen LogP contribution in [0.15, 0.2) is 51.8 Å². The standard InChI is InChI=1S/C13H8BrFN2O2S2/c14-8-1-6-11-12(7-8)20-13(16-11)17-21(18,19)10-4-2-9(15)3-5-10/h1-7H,(H,16,17). The van der Waals surface area contributed by atoms with Gasteiger partial charge in [-0.05, 0) is 42.5 Å². The minimum Gasteiger partial charge on any atom is -0.255 e. The van der Waals surface area contributed by atoms with Crippen molar-refractivity contribution in [2.75, 3.05) is 4.72 Å². The highest BCUT2D eigenvalue weighted by atomic mass is 79.9. The number of hydrogen-bond acceptors (Lipinski definition) is 4. The highest BCUT2D eigenvalue weighted by Crippen LogP contribution is 2.29. The van der Waals surface area contributed by atoms with Gasteiger partial charge in [0, 0.05) is 4.47 Å². The predicted molar refractivity (Wildman–Crippen MR) is 84.5 cm³/mol. The van der Waals surface area contributed by atoms with E-state index in [1.807, 2.05) is 12.1 Å². The van der Waals surface area contributed by atoms with Crippen LogP contribution in [0.25, 0.3) is 10.2 Å². The first kappa shape index (κ1) is 14.4. The van der Waals surface area contributed by atoms with Gasteiger partial charge in [-0.25, -0.2) is 17.8 Å². The second-order valence-electron chi connectivity index (χ2n) is 4.19. The van der Waals surface area contributed by atoms with Crippen molar-refractivity contribution in [3.63, 3.8) is 0 Å². The molecule has 108 valence electrons. The number of fused-ring (bicyclic) bond motifs is 1. The fourth-order valence-corrected chi connectivity index (χ4v) is 4.38. The molecule has 0 aliphatic rings. The predicted octanol–water partition coefficient (Wildman–Crippen LogP) is 4.00. The average molecular weight is 387 g/mol. The zero-order valence-electron chi connectivity index (χ0n) is 10.4. The number of thiazole rings is 1. The number of benzene rings is 2. The molecular weight excluding hydrogens is 379 g/mol. The van der Waals surface area contributed by atoms with Crippen LogP contribution in [0, 0.1) is 5.82 Å². The largest absolute Gasteiger partial charge is 0.263 e. The van der Waals surface area contributed by atoms with E-state index in [9.17, 15) is 12.8 Å². The van der Waals surface area contributed by atoms with Crippen LogP contribution in [0.3, 0.4) is 0 Å². The molecule has 2 aromatic carbocycles. The van der Waals surface area contributed by atoms with Gasteiger partial charge >= 0.3 is 0 Å². The molecule has 0 spiro atoms. The summed E-state index contributed by atoms with van der Waals surface area (Å²) in [6, 6.07) is 10.1. The molecule has 0 saturated heterocycles. The maximum Gasteiger partial charge on any atom is 0.263 e. The summed E-state index contributed by atoms with van der Waals surface area (Å²) in [6.07, 6.45) is 0. The fourth-order valence-electron chi connectivity index (χ4n) is 1.73. The Balaban J connectivity index is 1.95. The molecule has 8 heteroatoms. The lowest BCUT2D eigenvalue weighted by Gasteiger charge is -2.04.